The van der Waals surface area contributed by atoms with Gasteiger partial charge in [-0.1, -0.05) is 13.8 Å². The Kier molecular flexibility index (Phi) is 4.59. The summed E-state index contributed by atoms with van der Waals surface area (Å²) in [6, 6.07) is 0.216. The van der Waals surface area contributed by atoms with Crippen LogP contribution >= 0.6 is 0 Å². The van der Waals surface area contributed by atoms with Crippen molar-refractivity contribution in [1.29, 1.82) is 0 Å². The van der Waals surface area contributed by atoms with E-state index in [9.17, 15) is 8.42 Å². The molecule has 0 heterocycles. The first-order valence-electron chi connectivity index (χ1n) is 5.90. The quantitative estimate of drug-likeness (QED) is 0.802. The van der Waals surface area contributed by atoms with Crippen LogP contribution in [-0.4, -0.2) is 26.0 Å². The second kappa shape index (κ2) is 5.30. The molecule has 4 heteroatoms. The minimum Gasteiger partial charge on any atom is -0.327 e. The van der Waals surface area contributed by atoms with E-state index in [0.717, 1.165) is 19.3 Å². The normalized spacial score (nSPS) is 32.9. The maximum absolute atomic E-state index is 11.4. The Morgan fingerprint density at radius 3 is 2.60 bits per heavy atom. The fourth-order valence-corrected chi connectivity index (χ4v) is 3.28. The van der Waals surface area contributed by atoms with Gasteiger partial charge in [0.1, 0.15) is 9.84 Å². The lowest BCUT2D eigenvalue weighted by atomic mass is 9.78. The molecule has 0 saturated heterocycles. The van der Waals surface area contributed by atoms with E-state index in [-0.39, 0.29) is 11.8 Å². The third kappa shape index (κ3) is 4.11. The molecular weight excluding hydrogens is 210 g/mol. The lowest BCUT2D eigenvalue weighted by Crippen LogP contribution is -2.36. The van der Waals surface area contributed by atoms with Crippen LogP contribution in [0.5, 0.6) is 0 Å². The van der Waals surface area contributed by atoms with Gasteiger partial charge in [-0.25, -0.2) is 8.42 Å². The van der Waals surface area contributed by atoms with Crippen molar-refractivity contribution in [3.05, 3.63) is 0 Å². The molecule has 1 fully saturated rings. The number of hydrogen-bond donors (Lipinski definition) is 1. The number of nitrogens with two attached hydrogens (primary N) is 1. The van der Waals surface area contributed by atoms with E-state index < -0.39 is 9.84 Å². The third-order valence-electron chi connectivity index (χ3n) is 3.54. The maximum atomic E-state index is 11.4. The molecule has 1 saturated carbocycles. The van der Waals surface area contributed by atoms with Crippen LogP contribution in [0.1, 0.15) is 39.5 Å². The maximum Gasteiger partial charge on any atom is 0.150 e. The third-order valence-corrected chi connectivity index (χ3v) is 5.28. The van der Waals surface area contributed by atoms with Crippen LogP contribution in [0.15, 0.2) is 0 Å². The molecule has 3 nitrogen and oxygen atoms in total. The average molecular weight is 233 g/mol. The fourth-order valence-electron chi connectivity index (χ4n) is 2.33. The molecule has 1 rings (SSSR count). The molecule has 0 aromatic rings. The minimum absolute atomic E-state index is 0.216. The Hall–Kier alpha value is -0.0900. The molecule has 90 valence electrons. The molecule has 0 amide bonds. The van der Waals surface area contributed by atoms with Gasteiger partial charge in [-0.05, 0) is 37.5 Å². The van der Waals surface area contributed by atoms with Gasteiger partial charge in [0.15, 0.2) is 0 Å². The van der Waals surface area contributed by atoms with Gasteiger partial charge in [0.05, 0.1) is 5.75 Å². The first-order chi connectivity index (χ1) is 6.94. The van der Waals surface area contributed by atoms with Crippen LogP contribution in [0.4, 0.5) is 0 Å². The van der Waals surface area contributed by atoms with Crippen LogP contribution < -0.4 is 5.73 Å². The molecule has 0 bridgehead atoms. The second-order valence-electron chi connectivity index (χ2n) is 4.87. The highest BCUT2D eigenvalue weighted by molar-refractivity contribution is 7.91. The van der Waals surface area contributed by atoms with Gasteiger partial charge in [0.2, 0.25) is 0 Å². The highest BCUT2D eigenvalue weighted by Crippen LogP contribution is 2.30. The summed E-state index contributed by atoms with van der Waals surface area (Å²) in [5.41, 5.74) is 6.02. The van der Waals surface area contributed by atoms with E-state index in [0.29, 0.717) is 17.6 Å². The van der Waals surface area contributed by atoms with Gasteiger partial charge in [-0.15, -0.1) is 0 Å². The molecule has 1 aliphatic rings. The zero-order chi connectivity index (χ0) is 11.5. The fraction of sp³-hybridized carbons (Fsp3) is 1.00. The van der Waals surface area contributed by atoms with Crippen LogP contribution in [0, 0.1) is 11.8 Å². The van der Waals surface area contributed by atoms with Crippen molar-refractivity contribution in [2.24, 2.45) is 17.6 Å². The van der Waals surface area contributed by atoms with Crippen molar-refractivity contribution in [2.45, 2.75) is 45.6 Å². The molecule has 3 atom stereocenters. The number of hydrogen-bond acceptors (Lipinski definition) is 3. The summed E-state index contributed by atoms with van der Waals surface area (Å²) in [5.74, 6) is 1.69. The summed E-state index contributed by atoms with van der Waals surface area (Å²) in [6.07, 6.45) is 4.10. The highest BCUT2D eigenvalue weighted by Gasteiger charge is 2.26. The second-order valence-corrected chi connectivity index (χ2v) is 7.34. The van der Waals surface area contributed by atoms with E-state index >= 15 is 0 Å². The smallest absolute Gasteiger partial charge is 0.150 e. The number of rotatable bonds is 4. The first kappa shape index (κ1) is 13.0. The molecule has 0 aliphatic heterocycles. The van der Waals surface area contributed by atoms with Gasteiger partial charge >= 0.3 is 0 Å². The Morgan fingerprint density at radius 2 is 2.00 bits per heavy atom. The van der Waals surface area contributed by atoms with Gasteiger partial charge in [-0.2, -0.15) is 0 Å². The summed E-state index contributed by atoms with van der Waals surface area (Å²) >= 11 is 0. The Bertz CT molecular complexity index is 287. The van der Waals surface area contributed by atoms with Crippen LogP contribution in [0.2, 0.25) is 0 Å². The standard InChI is InChI=1S/C11H23NO2S/c1-3-15(13,14)7-6-10-8-9(2)4-5-11(10)12/h9-11H,3-8,12H2,1-2H3. The van der Waals surface area contributed by atoms with Crippen molar-refractivity contribution in [3.63, 3.8) is 0 Å². The molecule has 15 heavy (non-hydrogen) atoms. The van der Waals surface area contributed by atoms with Crippen molar-refractivity contribution >= 4 is 9.84 Å². The Balaban J connectivity index is 2.43. The van der Waals surface area contributed by atoms with E-state index in [1.54, 1.807) is 6.92 Å². The molecular formula is C11H23NO2S. The summed E-state index contributed by atoms with van der Waals surface area (Å²) in [7, 11) is -2.82. The molecule has 1 aliphatic carbocycles. The molecule has 3 unspecified atom stereocenters. The lowest BCUT2D eigenvalue weighted by Gasteiger charge is -2.32. The monoisotopic (exact) mass is 233 g/mol. The molecule has 0 aromatic carbocycles. The van der Waals surface area contributed by atoms with E-state index in [4.69, 9.17) is 5.73 Å². The minimum atomic E-state index is -2.82. The van der Waals surface area contributed by atoms with Crippen molar-refractivity contribution in [2.75, 3.05) is 11.5 Å². The first-order valence-corrected chi connectivity index (χ1v) is 7.72. The zero-order valence-electron chi connectivity index (χ0n) is 9.78. The number of sulfone groups is 1. The van der Waals surface area contributed by atoms with Gasteiger partial charge < -0.3 is 5.73 Å². The van der Waals surface area contributed by atoms with Crippen LogP contribution in [0.3, 0.4) is 0 Å². The zero-order valence-corrected chi connectivity index (χ0v) is 10.6. The van der Waals surface area contributed by atoms with E-state index in [1.165, 1.54) is 6.42 Å². The van der Waals surface area contributed by atoms with Crippen molar-refractivity contribution in [3.8, 4) is 0 Å². The summed E-state index contributed by atoms with van der Waals surface area (Å²) in [4.78, 5) is 0. The highest BCUT2D eigenvalue weighted by atomic mass is 32.2. The molecule has 0 spiro atoms. The van der Waals surface area contributed by atoms with Crippen molar-refractivity contribution in [1.82, 2.24) is 0 Å². The topological polar surface area (TPSA) is 60.2 Å². The molecule has 2 N–H and O–H groups in total. The van der Waals surface area contributed by atoms with Crippen LogP contribution in [0.25, 0.3) is 0 Å². The predicted octanol–water partition coefficient (Wildman–Crippen LogP) is 1.57. The van der Waals surface area contributed by atoms with Crippen molar-refractivity contribution < 1.29 is 8.42 Å². The van der Waals surface area contributed by atoms with Gasteiger partial charge in [-0.3, -0.25) is 0 Å². The van der Waals surface area contributed by atoms with Crippen LogP contribution in [-0.2, 0) is 9.84 Å². The molecule has 0 radical (unpaired) electrons. The largest absolute Gasteiger partial charge is 0.327 e. The molecule has 0 aromatic heterocycles. The van der Waals surface area contributed by atoms with Gasteiger partial charge in [0.25, 0.3) is 0 Å². The predicted molar refractivity (Wildman–Crippen MR) is 63.4 cm³/mol. The Morgan fingerprint density at radius 1 is 1.33 bits per heavy atom. The SMILES string of the molecule is CCS(=O)(=O)CCC1CC(C)CCC1N. The van der Waals surface area contributed by atoms with E-state index in [2.05, 4.69) is 6.92 Å². The summed E-state index contributed by atoms with van der Waals surface area (Å²) in [6.45, 7) is 3.94. The van der Waals surface area contributed by atoms with Gasteiger partial charge in [0, 0.05) is 11.8 Å². The lowest BCUT2D eigenvalue weighted by molar-refractivity contribution is 0.241. The Labute approximate surface area is 93.3 Å². The summed E-state index contributed by atoms with van der Waals surface area (Å²) < 4.78 is 22.8. The average Bonchev–Trinajstić information content (AvgIpc) is 2.20. The summed E-state index contributed by atoms with van der Waals surface area (Å²) in [5, 5.41) is 0. The van der Waals surface area contributed by atoms with E-state index in [1.807, 2.05) is 0 Å².